The molecule has 0 bridgehead atoms. The molecule has 0 aliphatic heterocycles. The zero-order valence-electron chi connectivity index (χ0n) is 11.7. The first kappa shape index (κ1) is 15.9. The minimum Gasteiger partial charge on any atom is -0.316 e. The van der Waals surface area contributed by atoms with Crippen LogP contribution in [-0.2, 0) is 16.4 Å². The fourth-order valence-electron chi connectivity index (χ4n) is 1.71. The SMILES string of the molecule is CCCNCCc1ccc(S(=O)(=O)Nc2cncnc2)s1. The molecule has 0 atom stereocenters. The molecule has 21 heavy (non-hydrogen) atoms. The van der Waals surface area contributed by atoms with Crippen LogP contribution in [0.25, 0.3) is 0 Å². The molecular formula is C13H18N4O2S2. The van der Waals surface area contributed by atoms with E-state index in [1.165, 1.54) is 30.1 Å². The van der Waals surface area contributed by atoms with Crippen molar-refractivity contribution in [3.05, 3.63) is 35.7 Å². The summed E-state index contributed by atoms with van der Waals surface area (Å²) in [4.78, 5) is 8.61. The fourth-order valence-corrected chi connectivity index (χ4v) is 4.09. The molecule has 0 aliphatic rings. The Balaban J connectivity index is 1.99. The molecule has 0 aliphatic carbocycles. The summed E-state index contributed by atoms with van der Waals surface area (Å²) in [5.41, 5.74) is 0.358. The van der Waals surface area contributed by atoms with Crippen LogP contribution in [0.2, 0.25) is 0 Å². The number of aromatic nitrogens is 2. The maximum absolute atomic E-state index is 12.2. The zero-order chi connectivity index (χ0) is 15.1. The van der Waals surface area contributed by atoms with Gasteiger partial charge in [-0.3, -0.25) is 4.72 Å². The van der Waals surface area contributed by atoms with Gasteiger partial charge in [-0.25, -0.2) is 18.4 Å². The molecule has 0 fully saturated rings. The Hall–Kier alpha value is -1.51. The molecule has 8 heteroatoms. The average molecular weight is 326 g/mol. The molecule has 6 nitrogen and oxygen atoms in total. The number of nitrogens with zero attached hydrogens (tertiary/aromatic N) is 2. The van der Waals surface area contributed by atoms with Gasteiger partial charge < -0.3 is 5.32 Å². The van der Waals surface area contributed by atoms with Gasteiger partial charge in [0.15, 0.2) is 0 Å². The van der Waals surface area contributed by atoms with E-state index in [0.717, 1.165) is 30.8 Å². The Labute approximate surface area is 128 Å². The second-order valence-electron chi connectivity index (χ2n) is 4.45. The van der Waals surface area contributed by atoms with Crippen molar-refractivity contribution in [2.45, 2.75) is 24.0 Å². The van der Waals surface area contributed by atoms with E-state index in [9.17, 15) is 8.42 Å². The highest BCUT2D eigenvalue weighted by molar-refractivity contribution is 7.94. The quantitative estimate of drug-likeness (QED) is 0.724. The topological polar surface area (TPSA) is 84.0 Å². The normalized spacial score (nSPS) is 11.5. The monoisotopic (exact) mass is 326 g/mol. The highest BCUT2D eigenvalue weighted by Gasteiger charge is 2.17. The number of anilines is 1. The molecule has 0 amide bonds. The van der Waals surface area contributed by atoms with Crippen LogP contribution in [0, 0.1) is 0 Å². The largest absolute Gasteiger partial charge is 0.316 e. The minimum absolute atomic E-state index is 0.303. The summed E-state index contributed by atoms with van der Waals surface area (Å²) in [5.74, 6) is 0. The van der Waals surface area contributed by atoms with Gasteiger partial charge in [-0.2, -0.15) is 0 Å². The molecule has 2 heterocycles. The van der Waals surface area contributed by atoms with Crippen LogP contribution in [-0.4, -0.2) is 31.5 Å². The summed E-state index contributed by atoms with van der Waals surface area (Å²) in [6.45, 7) is 3.95. The highest BCUT2D eigenvalue weighted by Crippen LogP contribution is 2.23. The van der Waals surface area contributed by atoms with E-state index >= 15 is 0 Å². The number of sulfonamides is 1. The second kappa shape index (κ2) is 7.48. The summed E-state index contributed by atoms with van der Waals surface area (Å²) in [6, 6.07) is 3.49. The lowest BCUT2D eigenvalue weighted by molar-refractivity contribution is 0.603. The molecule has 0 saturated carbocycles. The minimum atomic E-state index is -3.56. The van der Waals surface area contributed by atoms with Crippen molar-refractivity contribution >= 4 is 27.0 Å². The predicted molar refractivity (Wildman–Crippen MR) is 84.0 cm³/mol. The summed E-state index contributed by atoms with van der Waals surface area (Å²) < 4.78 is 27.2. The van der Waals surface area contributed by atoms with Crippen molar-refractivity contribution in [3.63, 3.8) is 0 Å². The van der Waals surface area contributed by atoms with Gasteiger partial charge in [0.1, 0.15) is 10.5 Å². The molecule has 0 aromatic carbocycles. The molecule has 0 saturated heterocycles. The average Bonchev–Trinajstić information content (AvgIpc) is 2.94. The maximum Gasteiger partial charge on any atom is 0.271 e. The number of thiophene rings is 1. The lowest BCUT2D eigenvalue weighted by Gasteiger charge is -2.04. The van der Waals surface area contributed by atoms with Crippen LogP contribution in [0.1, 0.15) is 18.2 Å². The summed E-state index contributed by atoms with van der Waals surface area (Å²) in [6.07, 6.45) is 6.12. The van der Waals surface area contributed by atoms with E-state index in [4.69, 9.17) is 0 Å². The van der Waals surface area contributed by atoms with Crippen molar-refractivity contribution in [1.82, 2.24) is 15.3 Å². The van der Waals surface area contributed by atoms with E-state index in [1.807, 2.05) is 6.07 Å². The van der Waals surface area contributed by atoms with Gasteiger partial charge in [0.05, 0.1) is 18.1 Å². The third kappa shape index (κ3) is 4.76. The lowest BCUT2D eigenvalue weighted by atomic mass is 10.3. The highest BCUT2D eigenvalue weighted by atomic mass is 32.2. The van der Waals surface area contributed by atoms with Gasteiger partial charge in [-0.15, -0.1) is 11.3 Å². The Morgan fingerprint density at radius 3 is 2.67 bits per heavy atom. The molecule has 2 aromatic heterocycles. The number of hydrogen-bond acceptors (Lipinski definition) is 6. The Morgan fingerprint density at radius 1 is 1.19 bits per heavy atom. The van der Waals surface area contributed by atoms with Crippen molar-refractivity contribution in [1.29, 1.82) is 0 Å². The second-order valence-corrected chi connectivity index (χ2v) is 7.53. The van der Waals surface area contributed by atoms with Crippen molar-refractivity contribution in [2.24, 2.45) is 0 Å². The van der Waals surface area contributed by atoms with Gasteiger partial charge in [0.25, 0.3) is 10.0 Å². The first-order chi connectivity index (χ1) is 10.1. The van der Waals surface area contributed by atoms with E-state index in [0.29, 0.717) is 9.90 Å². The van der Waals surface area contributed by atoms with Crippen LogP contribution in [0.3, 0.4) is 0 Å². The zero-order valence-corrected chi connectivity index (χ0v) is 13.4. The first-order valence-electron chi connectivity index (χ1n) is 6.69. The number of rotatable bonds is 8. The summed E-state index contributed by atoms with van der Waals surface area (Å²) >= 11 is 1.29. The van der Waals surface area contributed by atoms with Crippen molar-refractivity contribution < 1.29 is 8.42 Å². The van der Waals surface area contributed by atoms with E-state index in [-0.39, 0.29) is 0 Å². The number of nitrogens with one attached hydrogen (secondary N) is 2. The molecule has 2 aromatic rings. The Morgan fingerprint density at radius 2 is 1.95 bits per heavy atom. The predicted octanol–water partition coefficient (Wildman–Crippen LogP) is 1.88. The van der Waals surface area contributed by atoms with Gasteiger partial charge >= 0.3 is 0 Å². The maximum atomic E-state index is 12.2. The van der Waals surface area contributed by atoms with Gasteiger partial charge in [0.2, 0.25) is 0 Å². The van der Waals surface area contributed by atoms with Gasteiger partial charge in [0, 0.05) is 4.88 Å². The molecule has 0 radical (unpaired) electrons. The van der Waals surface area contributed by atoms with Crippen LogP contribution in [0.15, 0.2) is 35.1 Å². The molecule has 0 spiro atoms. The van der Waals surface area contributed by atoms with Crippen molar-refractivity contribution in [2.75, 3.05) is 17.8 Å². The third-order valence-corrected chi connectivity index (χ3v) is 5.71. The smallest absolute Gasteiger partial charge is 0.271 e. The molecule has 0 unspecified atom stereocenters. The Bertz CT molecular complexity index is 656. The van der Waals surface area contributed by atoms with Gasteiger partial charge in [-0.1, -0.05) is 6.92 Å². The van der Waals surface area contributed by atoms with E-state index in [1.54, 1.807) is 6.07 Å². The summed E-state index contributed by atoms with van der Waals surface area (Å²) in [7, 11) is -3.56. The third-order valence-electron chi connectivity index (χ3n) is 2.69. The van der Waals surface area contributed by atoms with Gasteiger partial charge in [-0.05, 0) is 38.1 Å². The fraction of sp³-hybridized carbons (Fsp3) is 0.385. The molecule has 114 valence electrons. The lowest BCUT2D eigenvalue weighted by Crippen LogP contribution is -2.17. The van der Waals surface area contributed by atoms with Crippen LogP contribution < -0.4 is 10.0 Å². The van der Waals surface area contributed by atoms with Crippen LogP contribution in [0.5, 0.6) is 0 Å². The van der Waals surface area contributed by atoms with Crippen LogP contribution >= 0.6 is 11.3 Å². The molecule has 2 rings (SSSR count). The molecular weight excluding hydrogens is 308 g/mol. The van der Waals surface area contributed by atoms with Crippen molar-refractivity contribution in [3.8, 4) is 0 Å². The Kier molecular flexibility index (Phi) is 5.66. The standard InChI is InChI=1S/C13H18N4O2S2/c1-2-6-14-7-5-12-3-4-13(20-12)21(18,19)17-11-8-15-10-16-9-11/h3-4,8-10,14,17H,2,5-7H2,1H3. The summed E-state index contributed by atoms with van der Waals surface area (Å²) in [5, 5.41) is 3.30. The molecule has 2 N–H and O–H groups in total. The number of hydrogen-bond donors (Lipinski definition) is 2. The van der Waals surface area contributed by atoms with Crippen LogP contribution in [0.4, 0.5) is 5.69 Å². The first-order valence-corrected chi connectivity index (χ1v) is 8.99. The van der Waals surface area contributed by atoms with E-state index in [2.05, 4.69) is 26.9 Å². The van der Waals surface area contributed by atoms with E-state index < -0.39 is 10.0 Å².